The number of hydrogen-bond acceptors (Lipinski definition) is 6. The predicted molar refractivity (Wildman–Crippen MR) is 334 cm³/mol. The lowest BCUT2D eigenvalue weighted by Crippen LogP contribution is -2.30. The third-order valence-corrected chi connectivity index (χ3v) is 13.5. The summed E-state index contributed by atoms with van der Waals surface area (Å²) < 4.78 is 16.9. The van der Waals surface area contributed by atoms with Gasteiger partial charge in [0, 0.05) is 19.3 Å². The lowest BCUT2D eigenvalue weighted by atomic mass is 10.0. The van der Waals surface area contributed by atoms with Gasteiger partial charge in [-0.3, -0.25) is 14.4 Å². The second-order valence-corrected chi connectivity index (χ2v) is 20.9. The number of esters is 3. The lowest BCUT2D eigenvalue weighted by Gasteiger charge is -2.18. The molecule has 6 heteroatoms. The zero-order chi connectivity index (χ0) is 55.7. The van der Waals surface area contributed by atoms with Gasteiger partial charge in [0.25, 0.3) is 0 Å². The zero-order valence-corrected chi connectivity index (χ0v) is 50.2. The van der Waals surface area contributed by atoms with Crippen molar-refractivity contribution in [2.24, 2.45) is 0 Å². The molecule has 77 heavy (non-hydrogen) atoms. The van der Waals surface area contributed by atoms with E-state index < -0.39 is 6.10 Å². The van der Waals surface area contributed by atoms with Crippen molar-refractivity contribution in [1.82, 2.24) is 0 Å². The molecule has 0 aromatic rings. The molecule has 0 N–H and O–H groups in total. The normalized spacial score (nSPS) is 12.9. The van der Waals surface area contributed by atoms with Crippen molar-refractivity contribution in [3.05, 3.63) is 122 Å². The van der Waals surface area contributed by atoms with E-state index in [1.807, 2.05) is 0 Å². The maximum Gasteiger partial charge on any atom is 0.306 e. The molecule has 0 radical (unpaired) electrons. The third-order valence-electron chi connectivity index (χ3n) is 13.5. The van der Waals surface area contributed by atoms with Crippen LogP contribution in [-0.4, -0.2) is 37.2 Å². The van der Waals surface area contributed by atoms with Crippen LogP contribution >= 0.6 is 0 Å². The molecule has 6 nitrogen and oxygen atoms in total. The summed E-state index contributed by atoms with van der Waals surface area (Å²) in [5.74, 6) is -0.917. The summed E-state index contributed by atoms with van der Waals surface area (Å²) in [7, 11) is 0. The van der Waals surface area contributed by atoms with E-state index >= 15 is 0 Å². The Morgan fingerprint density at radius 3 is 0.805 bits per heavy atom. The molecular weight excluding hydrogens is 949 g/mol. The smallest absolute Gasteiger partial charge is 0.306 e. The third kappa shape index (κ3) is 62.5. The molecule has 0 aliphatic rings. The van der Waals surface area contributed by atoms with Gasteiger partial charge in [0.2, 0.25) is 0 Å². The molecule has 0 spiro atoms. The minimum atomic E-state index is -0.795. The molecule has 0 saturated carbocycles. The highest BCUT2D eigenvalue weighted by atomic mass is 16.6. The molecule has 1 atom stereocenters. The molecular formula is C71H118O6. The summed E-state index contributed by atoms with van der Waals surface area (Å²) in [5.41, 5.74) is 0. The summed E-state index contributed by atoms with van der Waals surface area (Å²) in [5, 5.41) is 0. The Balaban J connectivity index is 4.21. The van der Waals surface area contributed by atoms with E-state index in [1.54, 1.807) is 0 Å². The van der Waals surface area contributed by atoms with Gasteiger partial charge in [-0.1, -0.05) is 284 Å². The van der Waals surface area contributed by atoms with Crippen molar-refractivity contribution in [1.29, 1.82) is 0 Å². The van der Waals surface area contributed by atoms with Crippen molar-refractivity contribution in [2.75, 3.05) is 13.2 Å². The van der Waals surface area contributed by atoms with Gasteiger partial charge in [-0.25, -0.2) is 0 Å². The molecule has 438 valence electrons. The molecule has 1 unspecified atom stereocenters. The Morgan fingerprint density at radius 1 is 0.273 bits per heavy atom. The van der Waals surface area contributed by atoms with Gasteiger partial charge in [-0.05, 0) is 109 Å². The Morgan fingerprint density at radius 2 is 0.506 bits per heavy atom. The van der Waals surface area contributed by atoms with E-state index in [0.29, 0.717) is 19.3 Å². The molecule has 0 aliphatic carbocycles. The fourth-order valence-electron chi connectivity index (χ4n) is 8.73. The van der Waals surface area contributed by atoms with E-state index in [2.05, 4.69) is 142 Å². The number of carbonyl (C=O) groups excluding carboxylic acids is 3. The molecule has 0 fully saturated rings. The molecule has 0 aliphatic heterocycles. The van der Waals surface area contributed by atoms with Gasteiger partial charge >= 0.3 is 17.9 Å². The van der Waals surface area contributed by atoms with Crippen molar-refractivity contribution in [2.45, 2.75) is 297 Å². The van der Waals surface area contributed by atoms with Crippen LogP contribution in [0.5, 0.6) is 0 Å². The average molecular weight is 1070 g/mol. The highest BCUT2D eigenvalue weighted by Crippen LogP contribution is 2.16. The summed E-state index contributed by atoms with van der Waals surface area (Å²) in [4.78, 5) is 38.2. The van der Waals surface area contributed by atoms with Crippen molar-refractivity contribution in [3.8, 4) is 0 Å². The first-order chi connectivity index (χ1) is 38.0. The van der Waals surface area contributed by atoms with E-state index in [9.17, 15) is 14.4 Å². The Labute approximate surface area is 475 Å². The van der Waals surface area contributed by atoms with Crippen LogP contribution in [0.25, 0.3) is 0 Å². The van der Waals surface area contributed by atoms with Crippen molar-refractivity contribution < 1.29 is 28.6 Å². The predicted octanol–water partition coefficient (Wildman–Crippen LogP) is 22.0. The van der Waals surface area contributed by atoms with E-state index in [1.165, 1.54) is 122 Å². The fourth-order valence-corrected chi connectivity index (χ4v) is 8.73. The van der Waals surface area contributed by atoms with Gasteiger partial charge in [0.05, 0.1) is 0 Å². The molecule has 0 aromatic heterocycles. The van der Waals surface area contributed by atoms with Crippen molar-refractivity contribution in [3.63, 3.8) is 0 Å². The standard InChI is InChI=1S/C71H118O6/c1-4-7-10-13-16-19-22-25-26-27-28-29-30-31-32-33-34-35-36-37-38-39-40-41-42-43-44-47-49-52-55-58-61-64-70(73)76-67-68(77-71(74)65-62-59-56-53-50-46-24-21-18-15-12-9-6-3)66-75-69(72)63-60-57-54-51-48-45-23-20-17-14-11-8-5-2/h7,9-10,12,16,18-19,21,25-26,28-29,31-32,34-35,37-38,46,50,68H,4-6,8,11,13-15,17,20,22-24,27,30,33,36,39-45,47-49,51-67H2,1-3H3/b10-7-,12-9-,19-16-,21-18-,26-25-,29-28-,32-31-,35-34-,38-37-,50-46-. The van der Waals surface area contributed by atoms with Crippen LogP contribution in [-0.2, 0) is 28.6 Å². The first kappa shape index (κ1) is 72.8. The maximum atomic E-state index is 12.8. The number of rotatable bonds is 57. The van der Waals surface area contributed by atoms with E-state index in [-0.39, 0.29) is 31.1 Å². The van der Waals surface area contributed by atoms with Crippen LogP contribution in [0.3, 0.4) is 0 Å². The molecule has 0 heterocycles. The first-order valence-corrected chi connectivity index (χ1v) is 32.0. The van der Waals surface area contributed by atoms with Crippen LogP contribution in [0.4, 0.5) is 0 Å². The van der Waals surface area contributed by atoms with E-state index in [4.69, 9.17) is 14.2 Å². The molecule has 0 aromatic carbocycles. The van der Waals surface area contributed by atoms with Gasteiger partial charge in [-0.15, -0.1) is 0 Å². The van der Waals surface area contributed by atoms with Gasteiger partial charge in [-0.2, -0.15) is 0 Å². The lowest BCUT2D eigenvalue weighted by molar-refractivity contribution is -0.167. The summed E-state index contributed by atoms with van der Waals surface area (Å²) in [6, 6.07) is 0. The van der Waals surface area contributed by atoms with Crippen molar-refractivity contribution >= 4 is 17.9 Å². The maximum absolute atomic E-state index is 12.8. The summed E-state index contributed by atoms with van der Waals surface area (Å²) in [6.07, 6.45) is 89.3. The minimum absolute atomic E-state index is 0.0892. The number of allylic oxidation sites excluding steroid dienone is 20. The van der Waals surface area contributed by atoms with Gasteiger partial charge < -0.3 is 14.2 Å². The number of carbonyl (C=O) groups is 3. The Bertz CT molecular complexity index is 1600. The summed E-state index contributed by atoms with van der Waals surface area (Å²) >= 11 is 0. The topological polar surface area (TPSA) is 78.9 Å². The second kappa shape index (κ2) is 64.3. The SMILES string of the molecule is CC/C=C\C/C=C\C/C=C\C/C=C\C/C=C\C/C=C\C/C=C\CCCCCCCCCCCCCC(=O)OCC(COC(=O)CCCCCCCCCCCCCCC)OC(=O)CCCCC/C=C\C/C=C\C/C=C\CC. The molecule has 0 saturated heterocycles. The van der Waals surface area contributed by atoms with Crippen LogP contribution in [0.15, 0.2) is 122 Å². The summed E-state index contributed by atoms with van der Waals surface area (Å²) in [6.45, 7) is 6.39. The second-order valence-electron chi connectivity index (χ2n) is 20.9. The van der Waals surface area contributed by atoms with Crippen LogP contribution in [0, 0.1) is 0 Å². The van der Waals surface area contributed by atoms with Crippen LogP contribution in [0.2, 0.25) is 0 Å². The van der Waals surface area contributed by atoms with E-state index in [0.717, 1.165) is 128 Å². The Kier molecular flexibility index (Phi) is 60.8. The number of ether oxygens (including phenoxy) is 3. The minimum Gasteiger partial charge on any atom is -0.462 e. The average Bonchev–Trinajstić information content (AvgIpc) is 3.43. The number of unbranched alkanes of at least 4 members (excludes halogenated alkanes) is 26. The fraction of sp³-hybridized carbons (Fsp3) is 0.676. The highest BCUT2D eigenvalue weighted by Gasteiger charge is 2.19. The molecule has 0 bridgehead atoms. The van der Waals surface area contributed by atoms with Gasteiger partial charge in [0.15, 0.2) is 6.10 Å². The first-order valence-electron chi connectivity index (χ1n) is 32.0. The van der Waals surface area contributed by atoms with Crippen LogP contribution < -0.4 is 0 Å². The Hall–Kier alpha value is -4.19. The quantitative estimate of drug-likeness (QED) is 0.0261. The zero-order valence-electron chi connectivity index (χ0n) is 50.2. The monoisotopic (exact) mass is 1070 g/mol. The molecule has 0 amide bonds. The molecule has 0 rings (SSSR count). The highest BCUT2D eigenvalue weighted by molar-refractivity contribution is 5.71. The largest absolute Gasteiger partial charge is 0.462 e. The van der Waals surface area contributed by atoms with Gasteiger partial charge in [0.1, 0.15) is 13.2 Å². The number of hydrogen-bond donors (Lipinski definition) is 0. The van der Waals surface area contributed by atoms with Crippen LogP contribution in [0.1, 0.15) is 290 Å².